The molecule has 1 aliphatic carbocycles. The van der Waals surface area contributed by atoms with Crippen LogP contribution in [-0.4, -0.2) is 21.0 Å². The zero-order chi connectivity index (χ0) is 12.7. The lowest BCUT2D eigenvalue weighted by Crippen LogP contribution is -2.00. The lowest BCUT2D eigenvalue weighted by atomic mass is 10.1. The molecule has 2 N–H and O–H groups in total. The zero-order valence-electron chi connectivity index (χ0n) is 10.1. The van der Waals surface area contributed by atoms with E-state index in [0.29, 0.717) is 11.7 Å². The van der Waals surface area contributed by atoms with Gasteiger partial charge < -0.3 is 10.1 Å². The third-order valence-corrected chi connectivity index (χ3v) is 3.32. The van der Waals surface area contributed by atoms with Crippen LogP contribution in [0.5, 0.6) is 0 Å². The van der Waals surface area contributed by atoms with Crippen LogP contribution in [0.3, 0.4) is 0 Å². The Hall–Kier alpha value is -2.10. The lowest BCUT2D eigenvalue weighted by Gasteiger charge is -2.00. The molecule has 4 heteroatoms. The van der Waals surface area contributed by atoms with Crippen LogP contribution in [0.15, 0.2) is 24.3 Å². The van der Waals surface area contributed by atoms with E-state index >= 15 is 0 Å². The van der Waals surface area contributed by atoms with Crippen molar-refractivity contribution < 1.29 is 9.90 Å². The van der Waals surface area contributed by atoms with Gasteiger partial charge in [-0.3, -0.25) is 0 Å². The second-order valence-electron chi connectivity index (χ2n) is 4.74. The smallest absolute Gasteiger partial charge is 0.356 e. The summed E-state index contributed by atoms with van der Waals surface area (Å²) in [5, 5.41) is 9.19. The summed E-state index contributed by atoms with van der Waals surface area (Å²) in [5.41, 5.74) is 3.01. The number of rotatable bonds is 3. The first kappa shape index (κ1) is 11.0. The van der Waals surface area contributed by atoms with Gasteiger partial charge in [0.15, 0.2) is 5.69 Å². The van der Waals surface area contributed by atoms with Crippen molar-refractivity contribution in [2.75, 3.05) is 0 Å². The first-order valence-corrected chi connectivity index (χ1v) is 6.06. The molecule has 0 radical (unpaired) electrons. The van der Waals surface area contributed by atoms with E-state index in [-0.39, 0.29) is 5.69 Å². The predicted octanol–water partition coefficient (Wildman–Crippen LogP) is 2.96. The summed E-state index contributed by atoms with van der Waals surface area (Å²) in [7, 11) is 0. The normalized spacial score (nSPS) is 14.7. The van der Waals surface area contributed by atoms with Crippen molar-refractivity contribution in [3.63, 3.8) is 0 Å². The Morgan fingerprint density at radius 1 is 1.39 bits per heavy atom. The maximum Gasteiger partial charge on any atom is 0.356 e. The van der Waals surface area contributed by atoms with E-state index in [1.807, 2.05) is 31.2 Å². The number of aromatic amines is 1. The molecule has 1 saturated carbocycles. The van der Waals surface area contributed by atoms with Gasteiger partial charge in [-0.1, -0.05) is 24.3 Å². The van der Waals surface area contributed by atoms with Crippen LogP contribution in [0.4, 0.5) is 0 Å². The molecular weight excluding hydrogens is 228 g/mol. The van der Waals surface area contributed by atoms with E-state index in [2.05, 4.69) is 9.97 Å². The van der Waals surface area contributed by atoms with E-state index in [9.17, 15) is 9.90 Å². The van der Waals surface area contributed by atoms with Crippen LogP contribution >= 0.6 is 0 Å². The number of carboxylic acid groups (broad SMARTS) is 1. The minimum Gasteiger partial charge on any atom is -0.476 e. The summed E-state index contributed by atoms with van der Waals surface area (Å²) in [4.78, 5) is 18.6. The molecule has 3 rings (SSSR count). The van der Waals surface area contributed by atoms with Crippen LogP contribution < -0.4 is 0 Å². The van der Waals surface area contributed by atoms with Crippen LogP contribution in [0, 0.1) is 6.92 Å². The third kappa shape index (κ3) is 1.79. The molecule has 0 atom stereocenters. The molecule has 1 aromatic carbocycles. The highest BCUT2D eigenvalue weighted by Crippen LogP contribution is 2.41. The molecule has 0 aliphatic heterocycles. The topological polar surface area (TPSA) is 66.0 Å². The van der Waals surface area contributed by atoms with E-state index in [1.165, 1.54) is 0 Å². The minimum absolute atomic E-state index is 0.177. The number of carboxylic acids is 1. The number of hydrogen-bond donors (Lipinski definition) is 2. The highest BCUT2D eigenvalue weighted by atomic mass is 16.4. The standard InChI is InChI=1S/C14H14N2O2/c1-8-4-2-3-5-10(8)13-15-11(9-6-7-9)12(16-13)14(17)18/h2-5,9H,6-7H2,1H3,(H,15,16)(H,17,18). The second-order valence-corrected chi connectivity index (χ2v) is 4.74. The molecule has 18 heavy (non-hydrogen) atoms. The van der Waals surface area contributed by atoms with Crippen LogP contribution in [-0.2, 0) is 0 Å². The number of aryl methyl sites for hydroxylation is 1. The van der Waals surface area contributed by atoms with Gasteiger partial charge in [-0.05, 0) is 25.3 Å². The van der Waals surface area contributed by atoms with Crippen LogP contribution in [0.1, 0.15) is 40.5 Å². The molecule has 0 unspecified atom stereocenters. The quantitative estimate of drug-likeness (QED) is 0.869. The predicted molar refractivity (Wildman–Crippen MR) is 67.7 cm³/mol. The molecule has 4 nitrogen and oxygen atoms in total. The van der Waals surface area contributed by atoms with Gasteiger partial charge in [0.25, 0.3) is 0 Å². The van der Waals surface area contributed by atoms with E-state index in [4.69, 9.17) is 0 Å². The second kappa shape index (κ2) is 3.98. The molecule has 1 fully saturated rings. The molecule has 1 heterocycles. The first-order chi connectivity index (χ1) is 8.66. The lowest BCUT2D eigenvalue weighted by molar-refractivity contribution is 0.0690. The molecule has 0 amide bonds. The summed E-state index contributed by atoms with van der Waals surface area (Å²) in [5.74, 6) is 0.0572. The molecule has 0 saturated heterocycles. The Morgan fingerprint density at radius 3 is 2.72 bits per heavy atom. The van der Waals surface area contributed by atoms with Gasteiger partial charge >= 0.3 is 5.97 Å². The van der Waals surface area contributed by atoms with E-state index in [0.717, 1.165) is 29.7 Å². The zero-order valence-corrected chi connectivity index (χ0v) is 10.1. The van der Waals surface area contributed by atoms with Gasteiger partial charge in [-0.2, -0.15) is 0 Å². The Balaban J connectivity index is 2.11. The minimum atomic E-state index is -0.951. The van der Waals surface area contributed by atoms with Gasteiger partial charge in [-0.25, -0.2) is 9.78 Å². The van der Waals surface area contributed by atoms with Gasteiger partial charge in [0.2, 0.25) is 0 Å². The number of benzene rings is 1. The first-order valence-electron chi connectivity index (χ1n) is 6.06. The molecule has 1 aliphatic rings. The van der Waals surface area contributed by atoms with Gasteiger partial charge in [0.1, 0.15) is 5.82 Å². The Labute approximate surface area is 105 Å². The van der Waals surface area contributed by atoms with Gasteiger partial charge in [0.05, 0.1) is 5.69 Å². The van der Waals surface area contributed by atoms with Crippen molar-refractivity contribution in [3.8, 4) is 11.4 Å². The fraction of sp³-hybridized carbons (Fsp3) is 0.286. The van der Waals surface area contributed by atoms with Crippen molar-refractivity contribution in [1.82, 2.24) is 9.97 Å². The molecule has 0 bridgehead atoms. The largest absolute Gasteiger partial charge is 0.476 e. The fourth-order valence-electron chi connectivity index (χ4n) is 2.18. The van der Waals surface area contributed by atoms with Crippen LogP contribution in [0.25, 0.3) is 11.4 Å². The highest BCUT2D eigenvalue weighted by molar-refractivity contribution is 5.88. The molecule has 92 valence electrons. The summed E-state index contributed by atoms with van der Waals surface area (Å²) in [6.45, 7) is 2.00. The number of aromatic carboxylic acids is 1. The van der Waals surface area contributed by atoms with E-state index in [1.54, 1.807) is 0 Å². The average molecular weight is 242 g/mol. The molecule has 0 spiro atoms. The highest BCUT2D eigenvalue weighted by Gasteiger charge is 2.31. The van der Waals surface area contributed by atoms with Crippen molar-refractivity contribution >= 4 is 5.97 Å². The van der Waals surface area contributed by atoms with Gasteiger partial charge in [-0.15, -0.1) is 0 Å². The van der Waals surface area contributed by atoms with Crippen molar-refractivity contribution in [3.05, 3.63) is 41.2 Å². The number of nitrogens with zero attached hydrogens (tertiary/aromatic N) is 1. The number of aromatic nitrogens is 2. The fourth-order valence-corrected chi connectivity index (χ4v) is 2.18. The number of nitrogens with one attached hydrogen (secondary N) is 1. The Kier molecular flexibility index (Phi) is 2.44. The van der Waals surface area contributed by atoms with Gasteiger partial charge in [0, 0.05) is 11.5 Å². The maximum atomic E-state index is 11.2. The molecule has 1 aromatic heterocycles. The third-order valence-electron chi connectivity index (χ3n) is 3.32. The Morgan fingerprint density at radius 2 is 2.11 bits per heavy atom. The van der Waals surface area contributed by atoms with Crippen molar-refractivity contribution in [2.24, 2.45) is 0 Å². The SMILES string of the molecule is Cc1ccccc1-c1nc(C(=O)O)c(C2CC2)[nH]1. The monoisotopic (exact) mass is 242 g/mol. The average Bonchev–Trinajstić information content (AvgIpc) is 3.09. The number of hydrogen-bond acceptors (Lipinski definition) is 2. The molecular formula is C14H14N2O2. The van der Waals surface area contributed by atoms with Crippen molar-refractivity contribution in [1.29, 1.82) is 0 Å². The summed E-state index contributed by atoms with van der Waals surface area (Å²) in [6.07, 6.45) is 2.10. The van der Waals surface area contributed by atoms with Crippen LogP contribution in [0.2, 0.25) is 0 Å². The maximum absolute atomic E-state index is 11.2. The number of imidazole rings is 1. The van der Waals surface area contributed by atoms with Crippen molar-refractivity contribution in [2.45, 2.75) is 25.7 Å². The van der Waals surface area contributed by atoms with E-state index < -0.39 is 5.97 Å². The Bertz CT molecular complexity index is 612. The summed E-state index contributed by atoms with van der Waals surface area (Å²) in [6, 6.07) is 7.84. The number of carbonyl (C=O) groups is 1. The number of H-pyrrole nitrogens is 1. The summed E-state index contributed by atoms with van der Waals surface area (Å²) < 4.78 is 0. The summed E-state index contributed by atoms with van der Waals surface area (Å²) >= 11 is 0. The molecule has 2 aromatic rings.